The first kappa shape index (κ1) is 21.3. The van der Waals surface area contributed by atoms with E-state index in [1.54, 1.807) is 36.4 Å². The Bertz CT molecular complexity index is 1150. The van der Waals surface area contributed by atoms with Crippen molar-refractivity contribution in [2.24, 2.45) is 5.10 Å². The van der Waals surface area contributed by atoms with Gasteiger partial charge in [-0.3, -0.25) is 4.72 Å². The number of rotatable bonds is 7. The van der Waals surface area contributed by atoms with Gasteiger partial charge in [-0.25, -0.2) is 21.2 Å². The highest BCUT2D eigenvalue weighted by Gasteiger charge is 2.37. The Kier molecular flexibility index (Phi) is 5.95. The van der Waals surface area contributed by atoms with Gasteiger partial charge in [-0.05, 0) is 37.6 Å². The van der Waals surface area contributed by atoms with Gasteiger partial charge in [0.25, 0.3) is 0 Å². The number of sulfonamides is 2. The van der Waals surface area contributed by atoms with Crippen LogP contribution in [0, 0.1) is 5.82 Å². The van der Waals surface area contributed by atoms with Crippen LogP contribution >= 0.6 is 0 Å². The van der Waals surface area contributed by atoms with E-state index in [9.17, 15) is 21.2 Å². The summed E-state index contributed by atoms with van der Waals surface area (Å²) in [5, 5.41) is 4.28. The van der Waals surface area contributed by atoms with Gasteiger partial charge in [0.15, 0.2) is 0 Å². The first-order valence-corrected chi connectivity index (χ1v) is 12.4. The minimum absolute atomic E-state index is 0.0734. The molecule has 0 aromatic heterocycles. The van der Waals surface area contributed by atoms with Crippen LogP contribution in [0.4, 0.5) is 10.1 Å². The van der Waals surface area contributed by atoms with Gasteiger partial charge in [0.2, 0.25) is 20.0 Å². The molecule has 1 N–H and O–H groups in total. The van der Waals surface area contributed by atoms with E-state index in [4.69, 9.17) is 0 Å². The van der Waals surface area contributed by atoms with Gasteiger partial charge in [-0.15, -0.1) is 0 Å². The van der Waals surface area contributed by atoms with E-state index in [1.807, 2.05) is 0 Å². The smallest absolute Gasteiger partial charge is 0.250 e. The maximum Gasteiger partial charge on any atom is 0.250 e. The third kappa shape index (κ3) is 4.59. The highest BCUT2D eigenvalue weighted by Crippen LogP contribution is 2.36. The van der Waals surface area contributed by atoms with Crippen molar-refractivity contribution in [1.29, 1.82) is 0 Å². The van der Waals surface area contributed by atoms with E-state index in [1.165, 1.54) is 26.0 Å². The number of hydrazone groups is 1. The average molecular weight is 440 g/mol. The molecule has 0 fully saturated rings. The molecule has 0 spiro atoms. The molecule has 0 saturated heterocycles. The fourth-order valence-electron chi connectivity index (χ4n) is 3.04. The van der Waals surface area contributed by atoms with E-state index >= 15 is 0 Å². The third-order valence-corrected chi connectivity index (χ3v) is 7.58. The summed E-state index contributed by atoms with van der Waals surface area (Å²) in [5.74, 6) is -0.754. The predicted molar refractivity (Wildman–Crippen MR) is 111 cm³/mol. The third-order valence-electron chi connectivity index (χ3n) is 4.64. The monoisotopic (exact) mass is 439 g/mol. The second-order valence-corrected chi connectivity index (χ2v) is 10.7. The molecule has 7 nitrogen and oxygen atoms in total. The minimum Gasteiger partial charge on any atom is -0.284 e. The Morgan fingerprint density at radius 2 is 1.79 bits per heavy atom. The minimum atomic E-state index is -3.73. The van der Waals surface area contributed by atoms with Crippen LogP contribution in [-0.2, 0) is 20.0 Å². The highest BCUT2D eigenvalue weighted by atomic mass is 32.2. The summed E-state index contributed by atoms with van der Waals surface area (Å²) < 4.78 is 66.6. The zero-order valence-corrected chi connectivity index (χ0v) is 17.7. The summed E-state index contributed by atoms with van der Waals surface area (Å²) in [6.45, 7) is 3.03. The second kappa shape index (κ2) is 8.11. The molecule has 0 radical (unpaired) electrons. The molecule has 3 rings (SSSR count). The van der Waals surface area contributed by atoms with Crippen LogP contribution < -0.4 is 4.72 Å². The maximum absolute atomic E-state index is 14.4. The highest BCUT2D eigenvalue weighted by molar-refractivity contribution is 7.92. The molecule has 1 aliphatic rings. The summed E-state index contributed by atoms with van der Waals surface area (Å²) in [4.78, 5) is 0. The predicted octanol–water partition coefficient (Wildman–Crippen LogP) is 3.09. The maximum atomic E-state index is 14.4. The van der Waals surface area contributed by atoms with Gasteiger partial charge in [-0.2, -0.15) is 9.52 Å². The van der Waals surface area contributed by atoms with Crippen LogP contribution in [0.1, 0.15) is 37.4 Å². The first-order valence-electron chi connectivity index (χ1n) is 9.11. The van der Waals surface area contributed by atoms with Gasteiger partial charge < -0.3 is 0 Å². The summed E-state index contributed by atoms with van der Waals surface area (Å²) >= 11 is 0. The van der Waals surface area contributed by atoms with Crippen molar-refractivity contribution in [1.82, 2.24) is 4.41 Å². The van der Waals surface area contributed by atoms with Gasteiger partial charge in [0, 0.05) is 17.7 Å². The van der Waals surface area contributed by atoms with Crippen LogP contribution in [0.25, 0.3) is 0 Å². The Balaban J connectivity index is 2.01. The SMILES string of the molecule is CCS(=O)(=O)Nc1cccc(C2=NN(S(=O)(=O)CC)C(c3ccccc3F)C2)c1. The molecule has 1 heterocycles. The topological polar surface area (TPSA) is 95.9 Å². The number of anilines is 1. The lowest BCUT2D eigenvalue weighted by molar-refractivity contribution is 0.363. The van der Waals surface area contributed by atoms with Crippen molar-refractivity contribution < 1.29 is 21.2 Å². The standard InChI is InChI=1S/C19H22FN3O4S2/c1-3-28(24,25)22-15-9-7-8-14(12-15)18-13-19(16-10-5-6-11-17(16)20)23(21-18)29(26,27)4-2/h5-12,19,22H,3-4,13H2,1-2H3. The summed E-state index contributed by atoms with van der Waals surface area (Å²) in [6, 6.07) is 11.8. The second-order valence-electron chi connectivity index (χ2n) is 6.55. The van der Waals surface area contributed by atoms with Gasteiger partial charge in [-0.1, -0.05) is 30.3 Å². The molecule has 0 amide bonds. The average Bonchev–Trinajstić information content (AvgIpc) is 3.14. The molecule has 2 aromatic rings. The van der Waals surface area contributed by atoms with Crippen molar-refractivity contribution in [3.8, 4) is 0 Å². The lowest BCUT2D eigenvalue weighted by Gasteiger charge is -2.23. The van der Waals surface area contributed by atoms with Crippen LogP contribution in [0.15, 0.2) is 53.6 Å². The number of halogens is 1. The first-order chi connectivity index (χ1) is 13.7. The van der Waals surface area contributed by atoms with Crippen molar-refractivity contribution in [3.63, 3.8) is 0 Å². The largest absolute Gasteiger partial charge is 0.284 e. The van der Waals surface area contributed by atoms with Crippen LogP contribution in [0.2, 0.25) is 0 Å². The lowest BCUT2D eigenvalue weighted by atomic mass is 9.98. The molecule has 156 valence electrons. The van der Waals surface area contributed by atoms with E-state index in [-0.39, 0.29) is 23.5 Å². The van der Waals surface area contributed by atoms with Gasteiger partial charge >= 0.3 is 0 Å². The molecule has 29 heavy (non-hydrogen) atoms. The van der Waals surface area contributed by atoms with Crippen molar-refractivity contribution in [2.45, 2.75) is 26.3 Å². The van der Waals surface area contributed by atoms with E-state index < -0.39 is 31.9 Å². The van der Waals surface area contributed by atoms with Crippen molar-refractivity contribution in [2.75, 3.05) is 16.2 Å². The quantitative estimate of drug-likeness (QED) is 0.717. The molecular weight excluding hydrogens is 417 g/mol. The molecule has 0 aliphatic carbocycles. The molecular formula is C19H22FN3O4S2. The number of benzene rings is 2. The summed E-state index contributed by atoms with van der Waals surface area (Å²) in [6.07, 6.45) is 0.171. The molecule has 2 aromatic carbocycles. The number of nitrogens with zero attached hydrogens (tertiary/aromatic N) is 2. The summed E-state index contributed by atoms with van der Waals surface area (Å²) in [5.41, 5.74) is 1.60. The number of hydrogen-bond acceptors (Lipinski definition) is 5. The molecule has 0 saturated carbocycles. The molecule has 10 heteroatoms. The molecule has 1 unspecified atom stereocenters. The Morgan fingerprint density at radius 1 is 1.07 bits per heavy atom. The van der Waals surface area contributed by atoms with E-state index in [0.717, 1.165) is 4.41 Å². The molecule has 1 atom stereocenters. The Hall–Kier alpha value is -2.46. The fraction of sp³-hybridized carbons (Fsp3) is 0.316. The zero-order chi connectivity index (χ0) is 21.2. The molecule has 1 aliphatic heterocycles. The van der Waals surface area contributed by atoms with E-state index in [0.29, 0.717) is 17.0 Å². The van der Waals surface area contributed by atoms with Crippen molar-refractivity contribution >= 4 is 31.4 Å². The normalized spacial score (nSPS) is 17.3. The van der Waals surface area contributed by atoms with Gasteiger partial charge in [0.05, 0.1) is 23.3 Å². The molecule has 0 bridgehead atoms. The number of hydrogen-bond donors (Lipinski definition) is 1. The number of nitrogens with one attached hydrogen (secondary N) is 1. The van der Waals surface area contributed by atoms with Crippen LogP contribution in [0.5, 0.6) is 0 Å². The fourth-order valence-corrected chi connectivity index (χ4v) is 4.74. The van der Waals surface area contributed by atoms with Crippen LogP contribution in [0.3, 0.4) is 0 Å². The van der Waals surface area contributed by atoms with Crippen molar-refractivity contribution in [3.05, 3.63) is 65.5 Å². The van der Waals surface area contributed by atoms with Gasteiger partial charge in [0.1, 0.15) is 5.82 Å². The Morgan fingerprint density at radius 3 is 2.45 bits per heavy atom. The van der Waals surface area contributed by atoms with E-state index in [2.05, 4.69) is 9.82 Å². The van der Waals surface area contributed by atoms with Crippen LogP contribution in [-0.4, -0.2) is 38.5 Å². The lowest BCUT2D eigenvalue weighted by Crippen LogP contribution is -2.29. The summed E-state index contributed by atoms with van der Waals surface area (Å²) in [7, 11) is -7.18. The Labute approximate surface area is 170 Å². The zero-order valence-electron chi connectivity index (χ0n) is 16.0.